The second-order valence-electron chi connectivity index (χ2n) is 4.13. The summed E-state index contributed by atoms with van der Waals surface area (Å²) in [5.41, 5.74) is 0. The van der Waals surface area contributed by atoms with E-state index in [2.05, 4.69) is 24.3 Å². The SMILES string of the molecule is CNC(C1CC1)C1CN(C)C1. The molecular weight excluding hydrogens is 136 g/mol. The summed E-state index contributed by atoms with van der Waals surface area (Å²) >= 11 is 0. The fourth-order valence-electron chi connectivity index (χ4n) is 2.29. The van der Waals surface area contributed by atoms with Crippen molar-refractivity contribution in [2.75, 3.05) is 27.2 Å². The third-order valence-electron chi connectivity index (χ3n) is 3.06. The van der Waals surface area contributed by atoms with Crippen molar-refractivity contribution in [3.8, 4) is 0 Å². The van der Waals surface area contributed by atoms with Crippen LogP contribution in [0.4, 0.5) is 0 Å². The number of nitrogens with zero attached hydrogens (tertiary/aromatic N) is 1. The lowest BCUT2D eigenvalue weighted by molar-refractivity contribution is 0.0940. The second-order valence-corrected chi connectivity index (χ2v) is 4.13. The van der Waals surface area contributed by atoms with Crippen LogP contribution in [0.2, 0.25) is 0 Å². The van der Waals surface area contributed by atoms with E-state index >= 15 is 0 Å². The lowest BCUT2D eigenvalue weighted by atomic mass is 9.89. The highest BCUT2D eigenvalue weighted by molar-refractivity contribution is 4.95. The Kier molecular flexibility index (Phi) is 1.90. The Morgan fingerprint density at radius 2 is 1.91 bits per heavy atom. The summed E-state index contributed by atoms with van der Waals surface area (Å²) < 4.78 is 0. The molecule has 64 valence electrons. The van der Waals surface area contributed by atoms with Gasteiger partial charge in [0.1, 0.15) is 0 Å². The van der Waals surface area contributed by atoms with E-state index in [0.29, 0.717) is 0 Å². The molecule has 2 rings (SSSR count). The van der Waals surface area contributed by atoms with Gasteiger partial charge in [0.25, 0.3) is 0 Å². The van der Waals surface area contributed by atoms with Crippen molar-refractivity contribution >= 4 is 0 Å². The maximum Gasteiger partial charge on any atom is 0.0145 e. The number of hydrogen-bond donors (Lipinski definition) is 1. The molecule has 1 saturated carbocycles. The fourth-order valence-corrected chi connectivity index (χ4v) is 2.29. The highest BCUT2D eigenvalue weighted by atomic mass is 15.2. The van der Waals surface area contributed by atoms with Crippen LogP contribution in [-0.4, -0.2) is 38.1 Å². The molecule has 2 aliphatic rings. The van der Waals surface area contributed by atoms with Crippen LogP contribution in [0.1, 0.15) is 12.8 Å². The smallest absolute Gasteiger partial charge is 0.0145 e. The van der Waals surface area contributed by atoms with Crippen LogP contribution >= 0.6 is 0 Å². The molecule has 0 radical (unpaired) electrons. The van der Waals surface area contributed by atoms with Gasteiger partial charge in [0.2, 0.25) is 0 Å². The van der Waals surface area contributed by atoms with Gasteiger partial charge in [0.15, 0.2) is 0 Å². The minimum Gasteiger partial charge on any atom is -0.316 e. The molecule has 1 aliphatic heterocycles. The second kappa shape index (κ2) is 2.76. The van der Waals surface area contributed by atoms with E-state index in [1.165, 1.54) is 25.9 Å². The molecule has 0 aromatic carbocycles. The number of rotatable bonds is 3. The summed E-state index contributed by atoms with van der Waals surface area (Å²) in [6.45, 7) is 2.62. The number of hydrogen-bond acceptors (Lipinski definition) is 2. The normalized spacial score (nSPS) is 30.0. The first-order valence-corrected chi connectivity index (χ1v) is 4.67. The maximum atomic E-state index is 3.46. The fraction of sp³-hybridized carbons (Fsp3) is 1.00. The standard InChI is InChI=1S/C9H18N2/c1-10-9(7-3-4-7)8-5-11(2)6-8/h7-10H,3-6H2,1-2H3. The van der Waals surface area contributed by atoms with E-state index in [0.717, 1.165) is 17.9 Å². The minimum atomic E-state index is 0.825. The highest BCUT2D eigenvalue weighted by Crippen LogP contribution is 2.37. The zero-order valence-electron chi connectivity index (χ0n) is 7.51. The molecule has 0 aromatic rings. The van der Waals surface area contributed by atoms with E-state index in [4.69, 9.17) is 0 Å². The maximum absolute atomic E-state index is 3.46. The molecule has 2 heteroatoms. The molecule has 1 N–H and O–H groups in total. The summed E-state index contributed by atoms with van der Waals surface area (Å²) in [6, 6.07) is 0.825. The first kappa shape index (κ1) is 7.56. The zero-order chi connectivity index (χ0) is 7.84. The number of nitrogens with one attached hydrogen (secondary N) is 1. The Labute approximate surface area is 69.0 Å². The third kappa shape index (κ3) is 1.42. The van der Waals surface area contributed by atoms with Gasteiger partial charge in [-0.25, -0.2) is 0 Å². The van der Waals surface area contributed by atoms with Crippen LogP contribution in [0.3, 0.4) is 0 Å². The van der Waals surface area contributed by atoms with Crippen LogP contribution < -0.4 is 5.32 Å². The van der Waals surface area contributed by atoms with Gasteiger partial charge in [-0.15, -0.1) is 0 Å². The van der Waals surface area contributed by atoms with Gasteiger partial charge in [-0.2, -0.15) is 0 Å². The van der Waals surface area contributed by atoms with Crippen molar-refractivity contribution in [1.29, 1.82) is 0 Å². The van der Waals surface area contributed by atoms with Gasteiger partial charge in [-0.3, -0.25) is 0 Å². The quantitative estimate of drug-likeness (QED) is 0.638. The van der Waals surface area contributed by atoms with Crippen LogP contribution in [0, 0.1) is 11.8 Å². The Bertz CT molecular complexity index is 136. The Morgan fingerprint density at radius 1 is 1.27 bits per heavy atom. The molecule has 11 heavy (non-hydrogen) atoms. The predicted octanol–water partition coefficient (Wildman–Crippen LogP) is 0.546. The minimum absolute atomic E-state index is 0.825. The van der Waals surface area contributed by atoms with E-state index < -0.39 is 0 Å². The largest absolute Gasteiger partial charge is 0.316 e. The molecule has 1 aliphatic carbocycles. The monoisotopic (exact) mass is 154 g/mol. The van der Waals surface area contributed by atoms with E-state index in [9.17, 15) is 0 Å². The summed E-state index contributed by atoms with van der Waals surface area (Å²) in [5.74, 6) is 1.95. The predicted molar refractivity (Wildman–Crippen MR) is 46.6 cm³/mol. The Hall–Kier alpha value is -0.0800. The summed E-state index contributed by atoms with van der Waals surface area (Å²) in [4.78, 5) is 2.40. The molecule has 2 nitrogen and oxygen atoms in total. The molecule has 1 unspecified atom stereocenters. The van der Waals surface area contributed by atoms with Crippen LogP contribution in [0.25, 0.3) is 0 Å². The van der Waals surface area contributed by atoms with E-state index in [-0.39, 0.29) is 0 Å². The van der Waals surface area contributed by atoms with Crippen molar-refractivity contribution in [3.05, 3.63) is 0 Å². The first-order chi connectivity index (χ1) is 5.31. The van der Waals surface area contributed by atoms with E-state index in [1.807, 2.05) is 0 Å². The molecular formula is C9H18N2. The number of likely N-dealkylation sites (tertiary alicyclic amines) is 1. The van der Waals surface area contributed by atoms with Crippen molar-refractivity contribution < 1.29 is 0 Å². The van der Waals surface area contributed by atoms with Crippen molar-refractivity contribution in [1.82, 2.24) is 10.2 Å². The van der Waals surface area contributed by atoms with Crippen LogP contribution in [-0.2, 0) is 0 Å². The molecule has 1 heterocycles. The van der Waals surface area contributed by atoms with E-state index in [1.54, 1.807) is 0 Å². The zero-order valence-corrected chi connectivity index (χ0v) is 7.51. The molecule has 1 atom stereocenters. The van der Waals surface area contributed by atoms with Gasteiger partial charge >= 0.3 is 0 Å². The van der Waals surface area contributed by atoms with Gasteiger partial charge < -0.3 is 10.2 Å². The molecule has 0 bridgehead atoms. The average Bonchev–Trinajstić information content (AvgIpc) is 2.69. The third-order valence-corrected chi connectivity index (χ3v) is 3.06. The lowest BCUT2D eigenvalue weighted by Gasteiger charge is -2.41. The molecule has 1 saturated heterocycles. The van der Waals surface area contributed by atoms with Gasteiger partial charge in [-0.05, 0) is 38.8 Å². The molecule has 0 spiro atoms. The summed E-state index contributed by atoms with van der Waals surface area (Å²) in [6.07, 6.45) is 2.93. The van der Waals surface area contributed by atoms with Crippen molar-refractivity contribution in [2.45, 2.75) is 18.9 Å². The topological polar surface area (TPSA) is 15.3 Å². The average molecular weight is 154 g/mol. The molecule has 2 fully saturated rings. The summed E-state index contributed by atoms with van der Waals surface area (Å²) in [5, 5.41) is 3.46. The van der Waals surface area contributed by atoms with Crippen LogP contribution in [0.5, 0.6) is 0 Å². The lowest BCUT2D eigenvalue weighted by Crippen LogP contribution is -2.54. The molecule has 0 aromatic heterocycles. The Morgan fingerprint density at radius 3 is 2.27 bits per heavy atom. The van der Waals surface area contributed by atoms with Gasteiger partial charge in [0, 0.05) is 19.1 Å². The van der Waals surface area contributed by atoms with Gasteiger partial charge in [-0.1, -0.05) is 0 Å². The van der Waals surface area contributed by atoms with Crippen molar-refractivity contribution in [2.24, 2.45) is 11.8 Å². The highest BCUT2D eigenvalue weighted by Gasteiger charge is 2.39. The van der Waals surface area contributed by atoms with Gasteiger partial charge in [0.05, 0.1) is 0 Å². The summed E-state index contributed by atoms with van der Waals surface area (Å²) in [7, 11) is 4.32. The Balaban J connectivity index is 1.81. The first-order valence-electron chi connectivity index (χ1n) is 4.67. The van der Waals surface area contributed by atoms with Crippen LogP contribution in [0.15, 0.2) is 0 Å². The molecule has 0 amide bonds. The van der Waals surface area contributed by atoms with Crippen molar-refractivity contribution in [3.63, 3.8) is 0 Å².